The molecule has 3 rings (SSSR count). The van der Waals surface area contributed by atoms with Crippen molar-refractivity contribution in [1.82, 2.24) is 15.5 Å². The van der Waals surface area contributed by atoms with Gasteiger partial charge in [-0.2, -0.15) is 0 Å². The summed E-state index contributed by atoms with van der Waals surface area (Å²) < 4.78 is 0. The zero-order valence-electron chi connectivity index (χ0n) is 16.6. The fourth-order valence-electron chi connectivity index (χ4n) is 3.29. The molecule has 0 aliphatic carbocycles. The van der Waals surface area contributed by atoms with Crippen LogP contribution in [0.5, 0.6) is 0 Å². The molecule has 1 aliphatic heterocycles. The molecule has 0 atom stereocenters. The largest absolute Gasteiger partial charge is 0.352 e. The average molecular weight is 509 g/mol. The number of nitrogens with one attached hydrogen (secondary N) is 2. The quantitative estimate of drug-likeness (QED) is 0.196. The first-order chi connectivity index (χ1) is 13.6. The molecule has 2 aromatic carbocycles. The van der Waals surface area contributed by atoms with Gasteiger partial charge in [0.05, 0.1) is 4.92 Å². The van der Waals surface area contributed by atoms with Gasteiger partial charge in [-0.05, 0) is 42.6 Å². The van der Waals surface area contributed by atoms with Crippen LogP contribution in [0.25, 0.3) is 0 Å². The van der Waals surface area contributed by atoms with E-state index in [-0.39, 0.29) is 29.7 Å². The van der Waals surface area contributed by atoms with Crippen LogP contribution in [0.3, 0.4) is 0 Å². The Hall–Kier alpha value is -2.20. The Morgan fingerprint density at radius 3 is 1.93 bits per heavy atom. The molecule has 0 bridgehead atoms. The summed E-state index contributed by atoms with van der Waals surface area (Å²) in [5, 5.41) is 17.2. The molecule has 2 N–H and O–H groups in total. The summed E-state index contributed by atoms with van der Waals surface area (Å²) in [6, 6.07) is 15.2. The van der Waals surface area contributed by atoms with Gasteiger partial charge in [0.1, 0.15) is 0 Å². The molecular weight excluding hydrogens is 481 g/mol. The van der Waals surface area contributed by atoms with Crippen molar-refractivity contribution in [1.29, 1.82) is 0 Å². The van der Waals surface area contributed by atoms with E-state index in [1.807, 2.05) is 0 Å². The average Bonchev–Trinajstić information content (AvgIpc) is 3.22. The van der Waals surface area contributed by atoms with Gasteiger partial charge in [-0.3, -0.25) is 20.0 Å². The van der Waals surface area contributed by atoms with Crippen molar-refractivity contribution in [2.24, 2.45) is 4.99 Å². The second-order valence-electron chi connectivity index (χ2n) is 7.00. The number of aliphatic imine (C=N–C) groups is 1. The summed E-state index contributed by atoms with van der Waals surface area (Å²) in [6.45, 7) is 4.68. The highest BCUT2D eigenvalue weighted by Crippen LogP contribution is 2.14. The maximum absolute atomic E-state index is 10.7. The van der Waals surface area contributed by atoms with E-state index in [0.717, 1.165) is 12.1 Å². The van der Waals surface area contributed by atoms with Gasteiger partial charge in [-0.25, -0.2) is 0 Å². The molecule has 0 saturated carbocycles. The van der Waals surface area contributed by atoms with Gasteiger partial charge in [0.25, 0.3) is 5.69 Å². The molecule has 2 aromatic rings. The molecule has 0 aromatic heterocycles. The fourth-order valence-corrected chi connectivity index (χ4v) is 3.29. The van der Waals surface area contributed by atoms with E-state index in [1.54, 1.807) is 19.2 Å². The number of benzene rings is 2. The van der Waals surface area contributed by atoms with Crippen LogP contribution in [-0.4, -0.2) is 35.9 Å². The van der Waals surface area contributed by atoms with Crippen molar-refractivity contribution in [2.75, 3.05) is 20.1 Å². The van der Waals surface area contributed by atoms with Crippen LogP contribution in [-0.2, 0) is 19.6 Å². The van der Waals surface area contributed by atoms with Crippen molar-refractivity contribution < 1.29 is 4.92 Å². The number of nitro groups is 1. The van der Waals surface area contributed by atoms with E-state index < -0.39 is 4.92 Å². The Kier molecular flexibility index (Phi) is 9.33. The van der Waals surface area contributed by atoms with E-state index in [2.05, 4.69) is 44.8 Å². The van der Waals surface area contributed by atoms with Crippen molar-refractivity contribution >= 4 is 35.6 Å². The summed E-state index contributed by atoms with van der Waals surface area (Å²) in [5.74, 6) is 0.694. The summed E-state index contributed by atoms with van der Waals surface area (Å²) in [5.41, 5.74) is 3.61. The number of halogens is 1. The first-order valence-corrected chi connectivity index (χ1v) is 9.62. The zero-order valence-corrected chi connectivity index (χ0v) is 19.0. The molecule has 1 saturated heterocycles. The lowest BCUT2D eigenvalue weighted by Gasteiger charge is -2.15. The fraction of sp³-hybridized carbons (Fsp3) is 0.381. The zero-order chi connectivity index (χ0) is 19.8. The molecule has 156 valence electrons. The van der Waals surface area contributed by atoms with Crippen LogP contribution in [0.1, 0.15) is 29.5 Å². The number of guanidine groups is 1. The van der Waals surface area contributed by atoms with E-state index in [1.165, 1.54) is 49.2 Å². The predicted molar refractivity (Wildman–Crippen MR) is 127 cm³/mol. The third kappa shape index (κ3) is 7.28. The minimum absolute atomic E-state index is 0. The molecule has 0 amide bonds. The number of non-ortho nitro benzene ring substituents is 1. The Morgan fingerprint density at radius 2 is 1.45 bits per heavy atom. The molecule has 0 spiro atoms. The van der Waals surface area contributed by atoms with Gasteiger partial charge in [0, 0.05) is 38.8 Å². The molecule has 7 nitrogen and oxygen atoms in total. The number of hydrogen-bond acceptors (Lipinski definition) is 4. The van der Waals surface area contributed by atoms with Crippen LogP contribution in [0.15, 0.2) is 53.5 Å². The first-order valence-electron chi connectivity index (χ1n) is 9.62. The SMILES string of the molecule is CN=C(NCc1ccc(CN2CCCC2)cc1)NCc1ccc([N+](=O)[O-])cc1.I. The van der Waals surface area contributed by atoms with Gasteiger partial charge >= 0.3 is 0 Å². The third-order valence-electron chi connectivity index (χ3n) is 4.92. The van der Waals surface area contributed by atoms with Crippen LogP contribution in [0, 0.1) is 10.1 Å². The number of rotatable bonds is 7. The number of nitro benzene ring substituents is 1. The van der Waals surface area contributed by atoms with E-state index in [0.29, 0.717) is 19.0 Å². The summed E-state index contributed by atoms with van der Waals surface area (Å²) in [4.78, 5) is 17.0. The minimum Gasteiger partial charge on any atom is -0.352 e. The Balaban J connectivity index is 0.00000300. The smallest absolute Gasteiger partial charge is 0.269 e. The standard InChI is InChI=1S/C21H27N5O2.HI/c1-22-21(24-15-18-8-10-20(11-9-18)26(27)28)23-14-17-4-6-19(7-5-17)16-25-12-2-3-13-25;/h4-11H,2-3,12-16H2,1H3,(H2,22,23,24);1H. The summed E-state index contributed by atoms with van der Waals surface area (Å²) >= 11 is 0. The predicted octanol–water partition coefficient (Wildman–Crippen LogP) is 3.67. The van der Waals surface area contributed by atoms with Gasteiger partial charge in [0.15, 0.2) is 5.96 Å². The maximum atomic E-state index is 10.7. The Morgan fingerprint density at radius 1 is 0.966 bits per heavy atom. The van der Waals surface area contributed by atoms with E-state index >= 15 is 0 Å². The van der Waals surface area contributed by atoms with Crippen LogP contribution in [0.2, 0.25) is 0 Å². The monoisotopic (exact) mass is 509 g/mol. The number of nitrogens with zero attached hydrogens (tertiary/aromatic N) is 3. The third-order valence-corrected chi connectivity index (χ3v) is 4.92. The van der Waals surface area contributed by atoms with Gasteiger partial charge < -0.3 is 10.6 Å². The van der Waals surface area contributed by atoms with Gasteiger partial charge in [-0.15, -0.1) is 24.0 Å². The highest BCUT2D eigenvalue weighted by atomic mass is 127. The molecule has 1 heterocycles. The van der Waals surface area contributed by atoms with E-state index in [4.69, 9.17) is 0 Å². The second kappa shape index (κ2) is 11.7. The Bertz CT molecular complexity index is 803. The molecule has 1 fully saturated rings. The van der Waals surface area contributed by atoms with Crippen molar-refractivity contribution in [2.45, 2.75) is 32.5 Å². The van der Waals surface area contributed by atoms with Gasteiger partial charge in [-0.1, -0.05) is 36.4 Å². The maximum Gasteiger partial charge on any atom is 0.269 e. The molecule has 0 radical (unpaired) electrons. The topological polar surface area (TPSA) is 82.8 Å². The van der Waals surface area contributed by atoms with E-state index in [9.17, 15) is 10.1 Å². The summed E-state index contributed by atoms with van der Waals surface area (Å²) in [7, 11) is 1.73. The molecule has 29 heavy (non-hydrogen) atoms. The highest BCUT2D eigenvalue weighted by molar-refractivity contribution is 14.0. The second-order valence-corrected chi connectivity index (χ2v) is 7.00. The highest BCUT2D eigenvalue weighted by Gasteiger charge is 2.11. The lowest BCUT2D eigenvalue weighted by atomic mass is 10.1. The van der Waals surface area contributed by atoms with Crippen molar-refractivity contribution in [3.8, 4) is 0 Å². The Labute approximate surface area is 188 Å². The first kappa shape index (κ1) is 23.1. The minimum atomic E-state index is -0.395. The molecule has 8 heteroatoms. The molecular formula is C21H28IN5O2. The lowest BCUT2D eigenvalue weighted by molar-refractivity contribution is -0.384. The molecule has 1 aliphatic rings. The van der Waals surface area contributed by atoms with Gasteiger partial charge in [0.2, 0.25) is 0 Å². The van der Waals surface area contributed by atoms with Crippen molar-refractivity contribution in [3.63, 3.8) is 0 Å². The normalized spacial score (nSPS) is 14.3. The molecule has 0 unspecified atom stereocenters. The number of hydrogen-bond donors (Lipinski definition) is 2. The van der Waals surface area contributed by atoms with Crippen LogP contribution >= 0.6 is 24.0 Å². The van der Waals surface area contributed by atoms with Crippen LogP contribution in [0.4, 0.5) is 5.69 Å². The van der Waals surface area contributed by atoms with Crippen LogP contribution < -0.4 is 10.6 Å². The summed E-state index contributed by atoms with van der Waals surface area (Å²) in [6.07, 6.45) is 2.63. The van der Waals surface area contributed by atoms with Crippen molar-refractivity contribution in [3.05, 3.63) is 75.3 Å². The number of likely N-dealkylation sites (tertiary alicyclic amines) is 1. The lowest BCUT2D eigenvalue weighted by Crippen LogP contribution is -2.36.